The molecule has 1 rings (SSSR count). The number of aliphatic imine (C=N–C) groups is 1. The van der Waals surface area contributed by atoms with Crippen molar-refractivity contribution < 1.29 is 4.74 Å². The summed E-state index contributed by atoms with van der Waals surface area (Å²) in [6.07, 6.45) is 1.20. The van der Waals surface area contributed by atoms with E-state index in [0.29, 0.717) is 0 Å². The van der Waals surface area contributed by atoms with Gasteiger partial charge in [-0.05, 0) is 24.3 Å². The predicted octanol–water partition coefficient (Wildman–Crippen LogP) is 1.92. The highest BCUT2D eigenvalue weighted by molar-refractivity contribution is 5.77. The zero-order valence-electron chi connectivity index (χ0n) is 6.69. The quantitative estimate of drug-likeness (QED) is 0.620. The van der Waals surface area contributed by atoms with Gasteiger partial charge >= 0.3 is 0 Å². The number of hydrogen-bond acceptors (Lipinski definition) is 3. The highest BCUT2D eigenvalue weighted by atomic mass is 16.5. The number of rotatable bonds is 2. The van der Waals surface area contributed by atoms with Gasteiger partial charge < -0.3 is 4.74 Å². The summed E-state index contributed by atoms with van der Waals surface area (Å²) in [7, 11) is 1.60. The van der Waals surface area contributed by atoms with Gasteiger partial charge in [-0.2, -0.15) is 5.26 Å². The Kier molecular flexibility index (Phi) is 2.86. The van der Waals surface area contributed by atoms with E-state index in [2.05, 4.69) is 4.99 Å². The maximum absolute atomic E-state index is 8.20. The highest BCUT2D eigenvalue weighted by Crippen LogP contribution is 2.16. The third-order valence-electron chi connectivity index (χ3n) is 1.34. The molecule has 1 aromatic rings. The van der Waals surface area contributed by atoms with Crippen LogP contribution in [0.3, 0.4) is 0 Å². The first-order valence-electron chi connectivity index (χ1n) is 3.43. The molecule has 0 aliphatic rings. The lowest BCUT2D eigenvalue weighted by Gasteiger charge is -1.97. The van der Waals surface area contributed by atoms with Gasteiger partial charge in [-0.15, -0.1) is 0 Å². The Morgan fingerprint density at radius 3 is 2.58 bits per heavy atom. The maximum atomic E-state index is 8.20. The Balaban J connectivity index is 2.79. The van der Waals surface area contributed by atoms with Crippen LogP contribution in [0.5, 0.6) is 5.75 Å². The van der Waals surface area contributed by atoms with Crippen LogP contribution in [0.1, 0.15) is 0 Å². The van der Waals surface area contributed by atoms with E-state index in [0.717, 1.165) is 11.4 Å². The molecule has 0 amide bonds. The van der Waals surface area contributed by atoms with Crippen molar-refractivity contribution in [2.24, 2.45) is 4.99 Å². The summed E-state index contributed by atoms with van der Waals surface area (Å²) >= 11 is 0. The van der Waals surface area contributed by atoms with E-state index in [-0.39, 0.29) is 0 Å². The van der Waals surface area contributed by atoms with E-state index in [1.807, 2.05) is 6.07 Å². The second kappa shape index (κ2) is 4.14. The lowest BCUT2D eigenvalue weighted by molar-refractivity contribution is 0.415. The van der Waals surface area contributed by atoms with Crippen molar-refractivity contribution in [3.05, 3.63) is 24.3 Å². The fourth-order valence-corrected chi connectivity index (χ4v) is 0.772. The fourth-order valence-electron chi connectivity index (χ4n) is 0.772. The van der Waals surface area contributed by atoms with Gasteiger partial charge in [-0.1, -0.05) is 0 Å². The number of ether oxygens (including phenoxy) is 1. The fraction of sp³-hybridized carbons (Fsp3) is 0.111. The minimum absolute atomic E-state index is 0.748. The van der Waals surface area contributed by atoms with E-state index in [9.17, 15) is 0 Å². The van der Waals surface area contributed by atoms with Crippen molar-refractivity contribution in [2.75, 3.05) is 7.11 Å². The molecule has 0 atom stereocenters. The van der Waals surface area contributed by atoms with Gasteiger partial charge in [0.2, 0.25) is 0 Å². The van der Waals surface area contributed by atoms with Gasteiger partial charge in [-0.25, -0.2) is 4.99 Å². The molecule has 1 aromatic carbocycles. The number of benzene rings is 1. The van der Waals surface area contributed by atoms with E-state index >= 15 is 0 Å². The van der Waals surface area contributed by atoms with Crippen LogP contribution in [0.25, 0.3) is 0 Å². The van der Waals surface area contributed by atoms with Crippen LogP contribution in [0.2, 0.25) is 0 Å². The van der Waals surface area contributed by atoms with Gasteiger partial charge in [0.25, 0.3) is 0 Å². The zero-order valence-corrected chi connectivity index (χ0v) is 6.69. The van der Waals surface area contributed by atoms with Crippen LogP contribution in [0.15, 0.2) is 29.3 Å². The molecule has 0 aromatic heterocycles. The van der Waals surface area contributed by atoms with Gasteiger partial charge in [0.05, 0.1) is 12.8 Å². The summed E-state index contributed by atoms with van der Waals surface area (Å²) < 4.78 is 4.96. The monoisotopic (exact) mass is 160 g/mol. The Morgan fingerprint density at radius 2 is 2.08 bits per heavy atom. The van der Waals surface area contributed by atoms with Gasteiger partial charge in [-0.3, -0.25) is 0 Å². The van der Waals surface area contributed by atoms with Gasteiger partial charge in [0.1, 0.15) is 18.0 Å². The van der Waals surface area contributed by atoms with Gasteiger partial charge in [0.15, 0.2) is 0 Å². The summed E-state index contributed by atoms with van der Waals surface area (Å²) in [4.78, 5) is 3.86. The van der Waals surface area contributed by atoms with Crippen molar-refractivity contribution in [3.63, 3.8) is 0 Å². The maximum Gasteiger partial charge on any atom is 0.119 e. The van der Waals surface area contributed by atoms with Crippen molar-refractivity contribution in [1.29, 1.82) is 5.26 Å². The smallest absolute Gasteiger partial charge is 0.119 e. The Labute approximate surface area is 70.9 Å². The van der Waals surface area contributed by atoms with Gasteiger partial charge in [0, 0.05) is 0 Å². The lowest BCUT2D eigenvalue weighted by Crippen LogP contribution is -1.79. The number of nitriles is 1. The highest BCUT2D eigenvalue weighted by Gasteiger charge is 1.89. The summed E-state index contributed by atoms with van der Waals surface area (Å²) in [5.74, 6) is 0.783. The van der Waals surface area contributed by atoms with Crippen LogP contribution in [0, 0.1) is 11.3 Å². The molecule has 0 unspecified atom stereocenters. The van der Waals surface area contributed by atoms with E-state index in [1.54, 1.807) is 31.4 Å². The Hall–Kier alpha value is -1.82. The molecule has 0 radical (unpaired) electrons. The van der Waals surface area contributed by atoms with Crippen molar-refractivity contribution in [1.82, 2.24) is 0 Å². The molecule has 0 aliphatic carbocycles. The molecule has 0 aliphatic heterocycles. The first kappa shape index (κ1) is 8.28. The summed E-state index contributed by atoms with van der Waals surface area (Å²) in [6, 6.07) is 8.98. The Bertz CT molecular complexity index is 308. The molecule has 0 fully saturated rings. The normalized spacial score (nSPS) is 9.67. The largest absolute Gasteiger partial charge is 0.497 e. The minimum atomic E-state index is 0.748. The topological polar surface area (TPSA) is 45.4 Å². The van der Waals surface area contributed by atoms with Crippen molar-refractivity contribution in [2.45, 2.75) is 0 Å². The first-order valence-corrected chi connectivity index (χ1v) is 3.43. The number of hydrogen-bond donors (Lipinski definition) is 0. The average Bonchev–Trinajstić information content (AvgIpc) is 2.15. The first-order chi connectivity index (χ1) is 5.86. The second-order valence-electron chi connectivity index (χ2n) is 2.09. The van der Waals surface area contributed by atoms with E-state index in [4.69, 9.17) is 10.00 Å². The summed E-state index contributed by atoms with van der Waals surface area (Å²) in [6.45, 7) is 0. The van der Waals surface area contributed by atoms with Crippen LogP contribution < -0.4 is 4.74 Å². The molecule has 3 heteroatoms. The zero-order chi connectivity index (χ0) is 8.81. The molecule has 0 N–H and O–H groups in total. The van der Waals surface area contributed by atoms with Crippen LogP contribution in [-0.4, -0.2) is 13.3 Å². The van der Waals surface area contributed by atoms with Crippen molar-refractivity contribution >= 4 is 11.9 Å². The molecule has 0 saturated heterocycles. The molecule has 0 spiro atoms. The van der Waals surface area contributed by atoms with Crippen molar-refractivity contribution in [3.8, 4) is 11.8 Å². The third kappa shape index (κ3) is 2.10. The summed E-state index contributed by atoms with van der Waals surface area (Å²) in [5.41, 5.74) is 0.748. The van der Waals surface area contributed by atoms with E-state index < -0.39 is 0 Å². The molecule has 0 heterocycles. The molecular formula is C9H8N2O. The van der Waals surface area contributed by atoms with Crippen LogP contribution >= 0.6 is 0 Å². The predicted molar refractivity (Wildman–Crippen MR) is 46.8 cm³/mol. The van der Waals surface area contributed by atoms with E-state index in [1.165, 1.54) is 6.21 Å². The molecule has 3 nitrogen and oxygen atoms in total. The average molecular weight is 160 g/mol. The van der Waals surface area contributed by atoms with Crippen LogP contribution in [0.4, 0.5) is 5.69 Å². The van der Waals surface area contributed by atoms with Crippen LogP contribution in [-0.2, 0) is 0 Å². The molecule has 0 saturated carbocycles. The molecule has 12 heavy (non-hydrogen) atoms. The Morgan fingerprint density at radius 1 is 1.42 bits per heavy atom. The number of nitrogens with zero attached hydrogens (tertiary/aromatic N) is 2. The second-order valence-corrected chi connectivity index (χ2v) is 2.09. The molecule has 60 valence electrons. The lowest BCUT2D eigenvalue weighted by atomic mass is 10.3. The SMILES string of the molecule is COc1ccc(N=CC#N)cc1. The standard InChI is InChI=1S/C9H8N2O/c1-12-9-4-2-8(3-5-9)11-7-6-10/h2-5,7H,1H3. The third-order valence-corrected chi connectivity index (χ3v) is 1.34. The summed E-state index contributed by atoms with van der Waals surface area (Å²) in [5, 5.41) is 8.20. The number of methoxy groups -OCH3 is 1. The molecule has 0 bridgehead atoms. The molecular weight excluding hydrogens is 152 g/mol. The minimum Gasteiger partial charge on any atom is -0.497 e.